The maximum absolute atomic E-state index is 12.8. The number of thiol groups is 1. The number of carbonyl (C=O) groups is 3. The summed E-state index contributed by atoms with van der Waals surface area (Å²) in [6, 6.07) is 6.08. The Morgan fingerprint density at radius 2 is 2.04 bits per heavy atom. The Hall–Kier alpha value is -2.28. The molecule has 0 fully saturated rings. The van der Waals surface area contributed by atoms with Gasteiger partial charge in [-0.05, 0) is 17.5 Å². The molecule has 0 radical (unpaired) electrons. The van der Waals surface area contributed by atoms with Gasteiger partial charge in [0, 0.05) is 0 Å². The van der Waals surface area contributed by atoms with Crippen molar-refractivity contribution in [1.29, 1.82) is 0 Å². The molecule has 7 heteroatoms. The van der Waals surface area contributed by atoms with Gasteiger partial charge in [0.2, 0.25) is 5.91 Å². The molecule has 1 aromatic rings. The number of hydrogen-bond donors (Lipinski definition) is 3. The number of rotatable bonds is 6. The topological polar surface area (TPSA) is 86.7 Å². The lowest BCUT2D eigenvalue weighted by Crippen LogP contribution is -2.51. The minimum Gasteiger partial charge on any atom is -0.480 e. The number of carboxylic acid groups (broad SMARTS) is 1. The summed E-state index contributed by atoms with van der Waals surface area (Å²) in [6.07, 6.45) is 4.08. The highest BCUT2D eigenvalue weighted by atomic mass is 32.1. The van der Waals surface area contributed by atoms with E-state index in [4.69, 9.17) is 5.11 Å². The molecule has 0 spiro atoms. The van der Waals surface area contributed by atoms with Crippen molar-refractivity contribution in [2.45, 2.75) is 31.6 Å². The van der Waals surface area contributed by atoms with Crippen molar-refractivity contribution in [2.24, 2.45) is 5.92 Å². The van der Waals surface area contributed by atoms with E-state index in [9.17, 15) is 14.4 Å². The number of anilines is 1. The van der Waals surface area contributed by atoms with Crippen LogP contribution in [0.2, 0.25) is 0 Å². The number of carboxylic acids is 1. The third-order valence-electron chi connectivity index (χ3n) is 4.27. The summed E-state index contributed by atoms with van der Waals surface area (Å²) < 4.78 is 0. The average molecular weight is 362 g/mol. The number of benzene rings is 1. The molecule has 134 valence electrons. The summed E-state index contributed by atoms with van der Waals surface area (Å²) in [7, 11) is 0. The molecule has 0 saturated carbocycles. The molecule has 3 atom stereocenters. The lowest BCUT2D eigenvalue weighted by atomic mass is 10.0. The van der Waals surface area contributed by atoms with Gasteiger partial charge in [-0.25, -0.2) is 0 Å². The molecule has 0 aromatic heterocycles. The van der Waals surface area contributed by atoms with E-state index in [1.807, 2.05) is 13.8 Å². The van der Waals surface area contributed by atoms with Crippen LogP contribution in [0, 0.1) is 5.92 Å². The molecular weight excluding hydrogens is 340 g/mol. The molecule has 25 heavy (non-hydrogen) atoms. The molecule has 0 aliphatic carbocycles. The first-order chi connectivity index (χ1) is 11.8. The Balaban J connectivity index is 2.28. The number of hydrogen-bond acceptors (Lipinski definition) is 4. The van der Waals surface area contributed by atoms with Gasteiger partial charge < -0.3 is 10.4 Å². The van der Waals surface area contributed by atoms with Crippen LogP contribution in [0.4, 0.5) is 5.69 Å². The fourth-order valence-electron chi connectivity index (χ4n) is 2.57. The molecule has 6 nitrogen and oxygen atoms in total. The van der Waals surface area contributed by atoms with E-state index in [2.05, 4.69) is 17.9 Å². The Morgan fingerprint density at radius 3 is 2.68 bits per heavy atom. The second-order valence-corrected chi connectivity index (χ2v) is 6.61. The monoisotopic (exact) mass is 362 g/mol. The van der Waals surface area contributed by atoms with Gasteiger partial charge in [0.25, 0.3) is 5.91 Å². The van der Waals surface area contributed by atoms with Crippen molar-refractivity contribution in [3.05, 3.63) is 35.9 Å². The molecule has 1 unspecified atom stereocenters. The highest BCUT2D eigenvalue weighted by molar-refractivity contribution is 7.81. The predicted molar refractivity (Wildman–Crippen MR) is 99.6 cm³/mol. The van der Waals surface area contributed by atoms with Crippen LogP contribution >= 0.6 is 12.6 Å². The van der Waals surface area contributed by atoms with Crippen LogP contribution < -0.4 is 10.2 Å². The Morgan fingerprint density at radius 1 is 1.36 bits per heavy atom. The third-order valence-corrected chi connectivity index (χ3v) is 5.01. The zero-order valence-electron chi connectivity index (χ0n) is 14.2. The van der Waals surface area contributed by atoms with E-state index in [-0.39, 0.29) is 11.8 Å². The Labute approximate surface area is 152 Å². The number of fused-ring (bicyclic) bond motifs is 1. The molecule has 0 saturated heterocycles. The van der Waals surface area contributed by atoms with Crippen molar-refractivity contribution < 1.29 is 19.5 Å². The number of para-hydroxylation sites is 1. The average Bonchev–Trinajstić information content (AvgIpc) is 2.72. The normalized spacial score (nSPS) is 18.9. The minimum atomic E-state index is -1.12. The van der Waals surface area contributed by atoms with Gasteiger partial charge in [0.15, 0.2) is 0 Å². The van der Waals surface area contributed by atoms with Crippen LogP contribution in [0.5, 0.6) is 0 Å². The molecule has 2 N–H and O–H groups in total. The van der Waals surface area contributed by atoms with Crippen LogP contribution in [0.15, 0.2) is 30.3 Å². The van der Waals surface area contributed by atoms with Gasteiger partial charge in [-0.15, -0.1) is 0 Å². The first-order valence-electron chi connectivity index (χ1n) is 8.14. The highest BCUT2D eigenvalue weighted by Gasteiger charge is 2.31. The van der Waals surface area contributed by atoms with Gasteiger partial charge in [0.1, 0.15) is 12.6 Å². The molecule has 0 bridgehead atoms. The van der Waals surface area contributed by atoms with Crippen LogP contribution in [0.1, 0.15) is 25.8 Å². The van der Waals surface area contributed by atoms with Gasteiger partial charge in [0.05, 0.1) is 10.9 Å². The van der Waals surface area contributed by atoms with Crippen molar-refractivity contribution >= 4 is 42.2 Å². The van der Waals surface area contributed by atoms with Crippen molar-refractivity contribution in [3.8, 4) is 0 Å². The number of nitrogens with one attached hydrogen (secondary N) is 1. The molecule has 1 aliphatic rings. The van der Waals surface area contributed by atoms with Crippen LogP contribution in [0.25, 0.3) is 6.08 Å². The zero-order valence-corrected chi connectivity index (χ0v) is 15.1. The van der Waals surface area contributed by atoms with Crippen molar-refractivity contribution in [3.63, 3.8) is 0 Å². The molecule has 1 aliphatic heterocycles. The number of amides is 2. The molecule has 1 aromatic carbocycles. The third kappa shape index (κ3) is 4.42. The summed E-state index contributed by atoms with van der Waals surface area (Å²) in [6.45, 7) is 3.40. The first kappa shape index (κ1) is 19.1. The van der Waals surface area contributed by atoms with Gasteiger partial charge in [-0.3, -0.25) is 19.3 Å². The Bertz CT molecular complexity index is 704. The summed E-state index contributed by atoms with van der Waals surface area (Å²) >= 11 is 4.33. The lowest BCUT2D eigenvalue weighted by Gasteiger charge is -2.26. The van der Waals surface area contributed by atoms with Gasteiger partial charge in [-0.1, -0.05) is 50.6 Å². The maximum Gasteiger partial charge on any atom is 0.323 e. The second kappa shape index (κ2) is 8.20. The largest absolute Gasteiger partial charge is 0.480 e. The summed E-state index contributed by atoms with van der Waals surface area (Å²) in [5.41, 5.74) is 1.23. The van der Waals surface area contributed by atoms with E-state index in [0.29, 0.717) is 5.69 Å². The van der Waals surface area contributed by atoms with Gasteiger partial charge >= 0.3 is 5.97 Å². The standard InChI is InChI=1S/C18H22N2O4S/c1-3-11(2)16(25)17(23)19-13-9-8-12-6-4-5-7-14(12)20(18(13)24)10-15(21)22/h4-9,11,13,16,25H,3,10H2,1-2H3,(H,19,23)(H,21,22)/t11-,13?,16-/m0/s1. The van der Waals surface area contributed by atoms with E-state index in [1.165, 1.54) is 4.90 Å². The maximum atomic E-state index is 12.8. The molecule has 2 rings (SSSR count). The van der Waals surface area contributed by atoms with Crippen LogP contribution in [-0.2, 0) is 14.4 Å². The fraction of sp³-hybridized carbons (Fsp3) is 0.389. The summed E-state index contributed by atoms with van der Waals surface area (Å²) in [5, 5.41) is 11.3. The highest BCUT2D eigenvalue weighted by Crippen LogP contribution is 2.26. The Kier molecular flexibility index (Phi) is 6.25. The van der Waals surface area contributed by atoms with Crippen LogP contribution in [-0.4, -0.2) is 40.7 Å². The van der Waals surface area contributed by atoms with E-state index in [0.717, 1.165) is 12.0 Å². The van der Waals surface area contributed by atoms with Gasteiger partial charge in [-0.2, -0.15) is 12.6 Å². The smallest absolute Gasteiger partial charge is 0.323 e. The number of aliphatic carboxylic acids is 1. The predicted octanol–water partition coefficient (Wildman–Crippen LogP) is 1.96. The minimum absolute atomic E-state index is 0.0560. The first-order valence-corrected chi connectivity index (χ1v) is 8.65. The van der Waals surface area contributed by atoms with E-state index < -0.39 is 29.7 Å². The quantitative estimate of drug-likeness (QED) is 0.675. The molecule has 1 heterocycles. The van der Waals surface area contributed by atoms with E-state index >= 15 is 0 Å². The molecular formula is C18H22N2O4S. The lowest BCUT2D eigenvalue weighted by molar-refractivity contribution is -0.136. The SMILES string of the molecule is CC[C@H](C)[C@H](S)C(=O)NC1C=Cc2ccccc2N(CC(=O)O)C1=O. The van der Waals surface area contributed by atoms with E-state index in [1.54, 1.807) is 36.4 Å². The zero-order chi connectivity index (χ0) is 18.6. The number of carbonyl (C=O) groups excluding carboxylic acids is 2. The number of nitrogens with zero attached hydrogens (tertiary/aromatic N) is 1. The molecule has 2 amide bonds. The fourth-order valence-corrected chi connectivity index (χ4v) is 2.86. The second-order valence-electron chi connectivity index (χ2n) is 6.05. The van der Waals surface area contributed by atoms with Crippen molar-refractivity contribution in [1.82, 2.24) is 5.32 Å². The van der Waals surface area contributed by atoms with Crippen molar-refractivity contribution in [2.75, 3.05) is 11.4 Å². The van der Waals surface area contributed by atoms with Crippen LogP contribution in [0.3, 0.4) is 0 Å². The summed E-state index contributed by atoms with van der Waals surface area (Å²) in [5.74, 6) is -1.90. The summed E-state index contributed by atoms with van der Waals surface area (Å²) in [4.78, 5) is 37.5.